The molecule has 0 aromatic heterocycles. The topological polar surface area (TPSA) is 41.6 Å². The van der Waals surface area contributed by atoms with Crippen LogP contribution in [0.15, 0.2) is 0 Å². The van der Waals surface area contributed by atoms with Gasteiger partial charge in [-0.3, -0.25) is 4.79 Å². The van der Waals surface area contributed by atoms with Crippen molar-refractivity contribution >= 4 is 5.91 Å². The molecule has 0 bridgehead atoms. The zero-order valence-electron chi connectivity index (χ0n) is 11.1. The van der Waals surface area contributed by atoms with E-state index in [0.29, 0.717) is 30.4 Å². The lowest BCUT2D eigenvalue weighted by molar-refractivity contribution is -0.131. The molecule has 1 unspecified atom stereocenters. The van der Waals surface area contributed by atoms with Gasteiger partial charge in [0.05, 0.1) is 6.10 Å². The fourth-order valence-electron chi connectivity index (χ4n) is 3.53. The number of rotatable bonds is 3. The van der Waals surface area contributed by atoms with Gasteiger partial charge in [-0.05, 0) is 44.6 Å². The van der Waals surface area contributed by atoms with Crippen molar-refractivity contribution in [3.05, 3.63) is 0 Å². The van der Waals surface area contributed by atoms with E-state index in [0.717, 1.165) is 39.1 Å². The monoisotopic (exact) mass is 252 g/mol. The van der Waals surface area contributed by atoms with Gasteiger partial charge in [-0.1, -0.05) is 0 Å². The average Bonchev–Trinajstić information content (AvgIpc) is 2.98. The Bertz CT molecular complexity index is 290. The number of hydrogen-bond donors (Lipinski definition) is 1. The molecule has 1 amide bonds. The highest BCUT2D eigenvalue weighted by atomic mass is 16.5. The van der Waals surface area contributed by atoms with Crippen LogP contribution in [0.25, 0.3) is 0 Å². The van der Waals surface area contributed by atoms with Crippen LogP contribution in [0.3, 0.4) is 0 Å². The number of amides is 1. The summed E-state index contributed by atoms with van der Waals surface area (Å²) in [4.78, 5) is 14.2. The molecule has 18 heavy (non-hydrogen) atoms. The highest BCUT2D eigenvalue weighted by molar-refractivity contribution is 5.76. The molecule has 4 heteroatoms. The smallest absolute Gasteiger partial charge is 0.222 e. The second-order valence-corrected chi connectivity index (χ2v) is 5.94. The molecule has 0 saturated carbocycles. The molecule has 3 atom stereocenters. The van der Waals surface area contributed by atoms with Crippen LogP contribution in [-0.2, 0) is 9.53 Å². The van der Waals surface area contributed by atoms with Crippen LogP contribution in [0.4, 0.5) is 0 Å². The summed E-state index contributed by atoms with van der Waals surface area (Å²) in [5.41, 5.74) is 0. The summed E-state index contributed by atoms with van der Waals surface area (Å²) in [6.45, 7) is 3.92. The van der Waals surface area contributed by atoms with Crippen molar-refractivity contribution in [2.75, 3.05) is 26.2 Å². The molecule has 1 N–H and O–H groups in total. The van der Waals surface area contributed by atoms with E-state index in [1.54, 1.807) is 0 Å². The maximum Gasteiger partial charge on any atom is 0.222 e. The summed E-state index contributed by atoms with van der Waals surface area (Å²) < 4.78 is 5.68. The summed E-state index contributed by atoms with van der Waals surface area (Å²) in [5.74, 6) is 1.04. The van der Waals surface area contributed by atoms with Gasteiger partial charge in [0, 0.05) is 32.2 Å². The Morgan fingerprint density at radius 1 is 1.28 bits per heavy atom. The van der Waals surface area contributed by atoms with Crippen molar-refractivity contribution < 1.29 is 9.53 Å². The molecule has 3 aliphatic rings. The van der Waals surface area contributed by atoms with Gasteiger partial charge in [-0.2, -0.15) is 0 Å². The van der Waals surface area contributed by atoms with Gasteiger partial charge in [0.2, 0.25) is 5.91 Å². The molecule has 0 radical (unpaired) electrons. The van der Waals surface area contributed by atoms with Crippen molar-refractivity contribution in [1.29, 1.82) is 0 Å². The van der Waals surface area contributed by atoms with Gasteiger partial charge in [-0.15, -0.1) is 0 Å². The molecular formula is C14H24N2O2. The maximum atomic E-state index is 12.2. The van der Waals surface area contributed by atoms with Crippen molar-refractivity contribution in [3.63, 3.8) is 0 Å². The first-order valence-corrected chi connectivity index (χ1v) is 7.45. The molecule has 3 saturated heterocycles. The van der Waals surface area contributed by atoms with Gasteiger partial charge >= 0.3 is 0 Å². The van der Waals surface area contributed by atoms with E-state index >= 15 is 0 Å². The fourth-order valence-corrected chi connectivity index (χ4v) is 3.53. The van der Waals surface area contributed by atoms with Crippen LogP contribution in [0.5, 0.6) is 0 Å². The van der Waals surface area contributed by atoms with Crippen LogP contribution < -0.4 is 5.32 Å². The molecule has 4 nitrogen and oxygen atoms in total. The Labute approximate surface area is 109 Å². The number of likely N-dealkylation sites (tertiary alicyclic amines) is 1. The lowest BCUT2D eigenvalue weighted by Gasteiger charge is -2.23. The summed E-state index contributed by atoms with van der Waals surface area (Å²) in [5, 5.41) is 3.49. The van der Waals surface area contributed by atoms with E-state index in [-0.39, 0.29) is 0 Å². The third-order valence-electron chi connectivity index (χ3n) is 4.67. The standard InChI is InChI=1S/C14H24N2O2/c17-14(5-4-12-3-1-2-8-18-12)16-9-11-6-7-15-13(11)10-16/h11-13,15H,1-10H2/t11-,12?,13+/m0/s1. The third kappa shape index (κ3) is 2.69. The van der Waals surface area contributed by atoms with Crippen molar-refractivity contribution in [1.82, 2.24) is 10.2 Å². The minimum absolute atomic E-state index is 0.334. The Hall–Kier alpha value is -0.610. The number of carbonyl (C=O) groups excluding carboxylic acids is 1. The molecule has 0 aliphatic carbocycles. The highest BCUT2D eigenvalue weighted by Crippen LogP contribution is 2.25. The number of hydrogen-bond acceptors (Lipinski definition) is 3. The van der Waals surface area contributed by atoms with E-state index in [4.69, 9.17) is 4.74 Å². The zero-order valence-corrected chi connectivity index (χ0v) is 11.1. The summed E-state index contributed by atoms with van der Waals surface area (Å²) in [6, 6.07) is 0.569. The second-order valence-electron chi connectivity index (χ2n) is 5.94. The molecule has 0 aromatic rings. The van der Waals surface area contributed by atoms with Gasteiger partial charge < -0.3 is 15.0 Å². The van der Waals surface area contributed by atoms with E-state index in [1.165, 1.54) is 19.3 Å². The lowest BCUT2D eigenvalue weighted by Crippen LogP contribution is -2.34. The predicted octanol–water partition coefficient (Wildman–Crippen LogP) is 1.16. The lowest BCUT2D eigenvalue weighted by atomic mass is 10.0. The largest absolute Gasteiger partial charge is 0.378 e. The Morgan fingerprint density at radius 2 is 2.22 bits per heavy atom. The third-order valence-corrected chi connectivity index (χ3v) is 4.67. The quantitative estimate of drug-likeness (QED) is 0.819. The first-order chi connectivity index (χ1) is 8.83. The molecule has 0 spiro atoms. The van der Waals surface area contributed by atoms with E-state index in [9.17, 15) is 4.79 Å². The molecular weight excluding hydrogens is 228 g/mol. The SMILES string of the molecule is O=C(CCC1CCCCO1)N1C[C@@H]2CCN[C@@H]2C1. The first-order valence-electron chi connectivity index (χ1n) is 7.45. The Morgan fingerprint density at radius 3 is 3.00 bits per heavy atom. The Balaban J connectivity index is 1.41. The number of fused-ring (bicyclic) bond motifs is 1. The van der Waals surface area contributed by atoms with E-state index < -0.39 is 0 Å². The van der Waals surface area contributed by atoms with Gasteiger partial charge in [-0.25, -0.2) is 0 Å². The Kier molecular flexibility index (Phi) is 3.85. The highest BCUT2D eigenvalue weighted by Gasteiger charge is 2.37. The minimum Gasteiger partial charge on any atom is -0.378 e. The minimum atomic E-state index is 0.334. The zero-order chi connectivity index (χ0) is 12.4. The molecule has 102 valence electrons. The molecule has 0 aromatic carbocycles. The molecule has 3 heterocycles. The molecule has 3 aliphatic heterocycles. The van der Waals surface area contributed by atoms with Gasteiger partial charge in [0.15, 0.2) is 0 Å². The normalized spacial score (nSPS) is 35.8. The van der Waals surface area contributed by atoms with Gasteiger partial charge in [0.25, 0.3) is 0 Å². The van der Waals surface area contributed by atoms with Crippen LogP contribution >= 0.6 is 0 Å². The predicted molar refractivity (Wildman–Crippen MR) is 69.3 cm³/mol. The number of nitrogens with zero attached hydrogens (tertiary/aromatic N) is 1. The van der Waals surface area contributed by atoms with Crippen molar-refractivity contribution in [2.45, 2.75) is 50.7 Å². The number of ether oxygens (including phenoxy) is 1. The van der Waals surface area contributed by atoms with Crippen molar-refractivity contribution in [2.24, 2.45) is 5.92 Å². The summed E-state index contributed by atoms with van der Waals surface area (Å²) in [6.07, 6.45) is 6.74. The number of nitrogens with one attached hydrogen (secondary N) is 1. The second kappa shape index (κ2) is 5.57. The summed E-state index contributed by atoms with van der Waals surface area (Å²) >= 11 is 0. The fraction of sp³-hybridized carbons (Fsp3) is 0.929. The summed E-state index contributed by atoms with van der Waals surface area (Å²) in [7, 11) is 0. The average molecular weight is 252 g/mol. The number of carbonyl (C=O) groups is 1. The van der Waals surface area contributed by atoms with Crippen LogP contribution in [0, 0.1) is 5.92 Å². The van der Waals surface area contributed by atoms with Crippen molar-refractivity contribution in [3.8, 4) is 0 Å². The first kappa shape index (κ1) is 12.4. The molecule has 3 fully saturated rings. The van der Waals surface area contributed by atoms with E-state index in [2.05, 4.69) is 10.2 Å². The van der Waals surface area contributed by atoms with E-state index in [1.807, 2.05) is 0 Å². The van der Waals surface area contributed by atoms with Crippen LogP contribution in [0.2, 0.25) is 0 Å². The van der Waals surface area contributed by atoms with Crippen LogP contribution in [0.1, 0.15) is 38.5 Å². The molecule has 3 rings (SSSR count). The van der Waals surface area contributed by atoms with Crippen LogP contribution in [-0.4, -0.2) is 49.2 Å². The van der Waals surface area contributed by atoms with Gasteiger partial charge in [0.1, 0.15) is 0 Å². The maximum absolute atomic E-state index is 12.2.